The Morgan fingerprint density at radius 2 is 2.14 bits per heavy atom. The molecule has 0 saturated heterocycles. The van der Waals surface area contributed by atoms with E-state index < -0.39 is 4.92 Å². The molecule has 0 aliphatic carbocycles. The summed E-state index contributed by atoms with van der Waals surface area (Å²) in [6.07, 6.45) is 0. The number of fused-ring (bicyclic) bond motifs is 1. The van der Waals surface area contributed by atoms with Gasteiger partial charge < -0.3 is 5.32 Å². The van der Waals surface area contributed by atoms with E-state index in [0.29, 0.717) is 11.0 Å². The molecule has 0 bridgehead atoms. The summed E-state index contributed by atoms with van der Waals surface area (Å²) in [7, 11) is 0. The molecule has 3 rings (SSSR count). The number of hydrogen-bond acceptors (Lipinski definition) is 5. The monoisotopic (exact) mass is 363 g/mol. The van der Waals surface area contributed by atoms with Crippen LogP contribution in [0.5, 0.6) is 0 Å². The minimum absolute atomic E-state index is 0.0761. The number of anilines is 1. The van der Waals surface area contributed by atoms with Crippen LogP contribution in [0.15, 0.2) is 46.4 Å². The molecular formula is C14H10BrN3O2S. The van der Waals surface area contributed by atoms with Crippen molar-refractivity contribution in [3.05, 3.63) is 62.1 Å². The molecule has 7 heteroatoms. The van der Waals surface area contributed by atoms with Crippen LogP contribution in [0.2, 0.25) is 0 Å². The molecule has 0 amide bonds. The lowest BCUT2D eigenvalue weighted by Gasteiger charge is -2.07. The molecule has 106 valence electrons. The van der Waals surface area contributed by atoms with Crippen LogP contribution in [0, 0.1) is 10.1 Å². The van der Waals surface area contributed by atoms with Gasteiger partial charge in [-0.1, -0.05) is 6.07 Å². The van der Waals surface area contributed by atoms with Gasteiger partial charge in [-0.3, -0.25) is 10.1 Å². The Labute approximate surface area is 132 Å². The fraction of sp³-hybridized carbons (Fsp3) is 0.0714. The van der Waals surface area contributed by atoms with E-state index in [0.717, 1.165) is 21.5 Å². The second-order valence-corrected chi connectivity index (χ2v) is 6.17. The SMILES string of the molecule is O=[N+]([O-])c1cc(CNc2ccc3ncsc3c2)ccc1Br. The lowest BCUT2D eigenvalue weighted by Crippen LogP contribution is -2.00. The zero-order valence-electron chi connectivity index (χ0n) is 10.7. The number of benzene rings is 2. The minimum Gasteiger partial charge on any atom is -0.381 e. The van der Waals surface area contributed by atoms with E-state index in [1.54, 1.807) is 23.5 Å². The molecule has 0 saturated carbocycles. The molecule has 21 heavy (non-hydrogen) atoms. The maximum Gasteiger partial charge on any atom is 0.283 e. The lowest BCUT2D eigenvalue weighted by atomic mass is 10.2. The molecule has 0 aliphatic rings. The van der Waals surface area contributed by atoms with Crippen molar-refractivity contribution in [1.29, 1.82) is 0 Å². The minimum atomic E-state index is -0.392. The summed E-state index contributed by atoms with van der Waals surface area (Å²) in [5.41, 5.74) is 4.69. The smallest absolute Gasteiger partial charge is 0.283 e. The molecule has 1 N–H and O–H groups in total. The Hall–Kier alpha value is -1.99. The molecule has 0 spiro atoms. The number of rotatable bonds is 4. The van der Waals surface area contributed by atoms with Gasteiger partial charge in [0.25, 0.3) is 5.69 Å². The first-order chi connectivity index (χ1) is 10.1. The summed E-state index contributed by atoms with van der Waals surface area (Å²) in [4.78, 5) is 14.8. The molecule has 0 unspecified atom stereocenters. The molecule has 0 fully saturated rings. The largest absolute Gasteiger partial charge is 0.381 e. The molecular weight excluding hydrogens is 354 g/mol. The average Bonchev–Trinajstić information content (AvgIpc) is 2.93. The van der Waals surface area contributed by atoms with Gasteiger partial charge in [-0.15, -0.1) is 11.3 Å². The Balaban J connectivity index is 1.77. The van der Waals surface area contributed by atoms with Crippen LogP contribution in [0.3, 0.4) is 0 Å². The van der Waals surface area contributed by atoms with Gasteiger partial charge in [0.15, 0.2) is 0 Å². The first kappa shape index (κ1) is 14.0. The van der Waals surface area contributed by atoms with Gasteiger partial charge in [0.05, 0.1) is 25.1 Å². The molecule has 0 radical (unpaired) electrons. The Bertz CT molecular complexity index is 819. The van der Waals surface area contributed by atoms with Crippen LogP contribution in [0.25, 0.3) is 10.2 Å². The normalized spacial score (nSPS) is 10.7. The standard InChI is InChI=1S/C14H10BrN3O2S/c15-11-3-1-9(5-13(11)18(19)20)7-16-10-2-4-12-14(6-10)21-8-17-12/h1-6,8,16H,7H2. The fourth-order valence-corrected chi connectivity index (χ4v) is 3.09. The number of aromatic nitrogens is 1. The van der Waals surface area contributed by atoms with Crippen LogP contribution < -0.4 is 5.32 Å². The number of nitrogens with one attached hydrogen (secondary N) is 1. The third kappa shape index (κ3) is 3.03. The van der Waals surface area contributed by atoms with Crippen LogP contribution in [-0.4, -0.2) is 9.91 Å². The zero-order valence-corrected chi connectivity index (χ0v) is 13.1. The lowest BCUT2D eigenvalue weighted by molar-refractivity contribution is -0.385. The molecule has 3 aromatic rings. The van der Waals surface area contributed by atoms with E-state index in [1.807, 2.05) is 29.8 Å². The zero-order chi connectivity index (χ0) is 14.8. The highest BCUT2D eigenvalue weighted by molar-refractivity contribution is 9.10. The Kier molecular flexibility index (Phi) is 3.85. The number of nitro groups is 1. The summed E-state index contributed by atoms with van der Waals surface area (Å²) in [5, 5.41) is 14.2. The highest BCUT2D eigenvalue weighted by atomic mass is 79.9. The average molecular weight is 364 g/mol. The van der Waals surface area contributed by atoms with Crippen molar-refractivity contribution in [2.45, 2.75) is 6.54 Å². The van der Waals surface area contributed by atoms with Crippen molar-refractivity contribution in [2.75, 3.05) is 5.32 Å². The van der Waals surface area contributed by atoms with Gasteiger partial charge in [-0.25, -0.2) is 4.98 Å². The van der Waals surface area contributed by atoms with E-state index in [-0.39, 0.29) is 5.69 Å². The van der Waals surface area contributed by atoms with Gasteiger partial charge >= 0.3 is 0 Å². The van der Waals surface area contributed by atoms with Crippen molar-refractivity contribution in [3.63, 3.8) is 0 Å². The number of nitrogens with zero attached hydrogens (tertiary/aromatic N) is 2. The summed E-state index contributed by atoms with van der Waals surface area (Å²) >= 11 is 4.77. The van der Waals surface area contributed by atoms with E-state index in [1.165, 1.54) is 0 Å². The summed E-state index contributed by atoms with van der Waals surface area (Å²) in [6.45, 7) is 0.526. The first-order valence-electron chi connectivity index (χ1n) is 6.13. The summed E-state index contributed by atoms with van der Waals surface area (Å²) in [5.74, 6) is 0. The highest BCUT2D eigenvalue weighted by Gasteiger charge is 2.12. The topological polar surface area (TPSA) is 68.1 Å². The van der Waals surface area contributed by atoms with Gasteiger partial charge in [-0.05, 0) is 45.8 Å². The number of hydrogen-bond donors (Lipinski definition) is 1. The molecule has 0 aliphatic heterocycles. The van der Waals surface area contributed by atoms with E-state index in [4.69, 9.17) is 0 Å². The molecule has 1 aromatic heterocycles. The highest BCUT2D eigenvalue weighted by Crippen LogP contribution is 2.26. The fourth-order valence-electron chi connectivity index (χ4n) is 1.98. The summed E-state index contributed by atoms with van der Waals surface area (Å²) < 4.78 is 1.60. The maximum absolute atomic E-state index is 10.9. The predicted octanol–water partition coefficient (Wildman–Crippen LogP) is 4.58. The number of nitro benzene ring substituents is 1. The van der Waals surface area contributed by atoms with E-state index >= 15 is 0 Å². The predicted molar refractivity (Wildman–Crippen MR) is 87.7 cm³/mol. The Morgan fingerprint density at radius 1 is 1.29 bits per heavy atom. The summed E-state index contributed by atoms with van der Waals surface area (Å²) in [6, 6.07) is 11.1. The van der Waals surface area contributed by atoms with Crippen molar-refractivity contribution in [3.8, 4) is 0 Å². The molecule has 2 aromatic carbocycles. The molecule has 0 atom stereocenters. The third-order valence-corrected chi connectivity index (χ3v) is 4.50. The maximum atomic E-state index is 10.9. The molecule has 1 heterocycles. The second kappa shape index (κ2) is 5.79. The molecule has 5 nitrogen and oxygen atoms in total. The van der Waals surface area contributed by atoms with Gasteiger partial charge in [0, 0.05) is 18.3 Å². The first-order valence-corrected chi connectivity index (χ1v) is 7.81. The number of thiazole rings is 1. The van der Waals surface area contributed by atoms with Crippen LogP contribution in [0.4, 0.5) is 11.4 Å². The van der Waals surface area contributed by atoms with Crippen molar-refractivity contribution in [1.82, 2.24) is 4.98 Å². The van der Waals surface area contributed by atoms with E-state index in [9.17, 15) is 10.1 Å². The van der Waals surface area contributed by atoms with Crippen molar-refractivity contribution < 1.29 is 4.92 Å². The van der Waals surface area contributed by atoms with Crippen molar-refractivity contribution in [2.24, 2.45) is 0 Å². The van der Waals surface area contributed by atoms with Gasteiger partial charge in [-0.2, -0.15) is 0 Å². The van der Waals surface area contributed by atoms with Crippen LogP contribution in [0.1, 0.15) is 5.56 Å². The van der Waals surface area contributed by atoms with Crippen molar-refractivity contribution >= 4 is 48.9 Å². The van der Waals surface area contributed by atoms with Crippen LogP contribution in [-0.2, 0) is 6.54 Å². The Morgan fingerprint density at radius 3 is 2.95 bits per heavy atom. The van der Waals surface area contributed by atoms with Gasteiger partial charge in [0.2, 0.25) is 0 Å². The third-order valence-electron chi connectivity index (χ3n) is 3.04. The number of halogens is 1. The second-order valence-electron chi connectivity index (χ2n) is 4.43. The quantitative estimate of drug-likeness (QED) is 0.544. The van der Waals surface area contributed by atoms with Gasteiger partial charge in [0.1, 0.15) is 0 Å². The van der Waals surface area contributed by atoms with Crippen LogP contribution >= 0.6 is 27.3 Å². The van der Waals surface area contributed by atoms with E-state index in [2.05, 4.69) is 26.2 Å².